The largest absolute Gasteiger partial charge is 0.508 e. The Morgan fingerprint density at radius 2 is 1.97 bits per heavy atom. The zero-order valence-electron chi connectivity index (χ0n) is 18.0. The second kappa shape index (κ2) is 9.96. The Morgan fingerprint density at radius 3 is 2.68 bits per heavy atom. The maximum atomic E-state index is 11.6. The SMILES string of the molecule is CCOC(=O)OC1CCN(c2nc(NCc3ccccc3)c3cc(CC)sc3n2)CC1. The molecule has 1 saturated heterocycles. The second-order valence-corrected chi connectivity index (χ2v) is 8.60. The Kier molecular flexibility index (Phi) is 6.86. The number of ether oxygens (including phenoxy) is 2. The number of carbonyl (C=O) groups excluding carboxylic acids is 1. The van der Waals surface area contributed by atoms with Crippen molar-refractivity contribution in [3.05, 3.63) is 46.8 Å². The first-order chi connectivity index (χ1) is 15.2. The number of hydrogen-bond donors (Lipinski definition) is 1. The number of fused-ring (bicyclic) bond motifs is 1. The molecule has 0 amide bonds. The number of carbonyl (C=O) groups is 1. The average Bonchev–Trinajstić information content (AvgIpc) is 3.22. The lowest BCUT2D eigenvalue weighted by Gasteiger charge is -2.31. The Morgan fingerprint density at radius 1 is 1.19 bits per heavy atom. The topological polar surface area (TPSA) is 76.6 Å². The molecule has 31 heavy (non-hydrogen) atoms. The first kappa shape index (κ1) is 21.4. The molecule has 0 unspecified atom stereocenters. The van der Waals surface area contributed by atoms with Crippen molar-refractivity contribution in [2.75, 3.05) is 29.9 Å². The Balaban J connectivity index is 1.51. The van der Waals surface area contributed by atoms with E-state index in [1.54, 1.807) is 18.3 Å². The third-order valence-corrected chi connectivity index (χ3v) is 6.51. The number of piperidine rings is 1. The van der Waals surface area contributed by atoms with Crippen LogP contribution in [0.4, 0.5) is 16.6 Å². The van der Waals surface area contributed by atoms with E-state index in [4.69, 9.17) is 19.4 Å². The summed E-state index contributed by atoms with van der Waals surface area (Å²) in [6.07, 6.45) is 1.74. The van der Waals surface area contributed by atoms with Gasteiger partial charge in [-0.15, -0.1) is 11.3 Å². The van der Waals surface area contributed by atoms with Gasteiger partial charge in [0.2, 0.25) is 5.95 Å². The highest BCUT2D eigenvalue weighted by Crippen LogP contribution is 2.32. The molecule has 1 aromatic carbocycles. The summed E-state index contributed by atoms with van der Waals surface area (Å²) in [4.78, 5) is 25.8. The van der Waals surface area contributed by atoms with E-state index in [0.29, 0.717) is 13.2 Å². The zero-order valence-corrected chi connectivity index (χ0v) is 18.8. The number of aromatic nitrogens is 2. The van der Waals surface area contributed by atoms with Gasteiger partial charge in [0.1, 0.15) is 16.8 Å². The first-order valence-electron chi connectivity index (χ1n) is 10.8. The summed E-state index contributed by atoms with van der Waals surface area (Å²) in [5.74, 6) is 1.59. The molecule has 4 rings (SSSR count). The summed E-state index contributed by atoms with van der Waals surface area (Å²) >= 11 is 1.72. The number of benzene rings is 1. The minimum absolute atomic E-state index is 0.122. The van der Waals surface area contributed by atoms with Crippen molar-refractivity contribution >= 4 is 39.5 Å². The fourth-order valence-electron chi connectivity index (χ4n) is 3.65. The van der Waals surface area contributed by atoms with Gasteiger partial charge in [-0.05, 0) is 25.0 Å². The van der Waals surface area contributed by atoms with Crippen LogP contribution < -0.4 is 10.2 Å². The number of anilines is 2. The van der Waals surface area contributed by atoms with Crippen LogP contribution in [0.5, 0.6) is 0 Å². The molecule has 1 fully saturated rings. The van der Waals surface area contributed by atoms with Gasteiger partial charge in [0.15, 0.2) is 0 Å². The van der Waals surface area contributed by atoms with Crippen molar-refractivity contribution < 1.29 is 14.3 Å². The van der Waals surface area contributed by atoms with Crippen LogP contribution in [0.15, 0.2) is 36.4 Å². The van der Waals surface area contributed by atoms with Crippen LogP contribution in [-0.4, -0.2) is 41.9 Å². The molecule has 164 valence electrons. The molecule has 3 heterocycles. The van der Waals surface area contributed by atoms with Gasteiger partial charge in [0.25, 0.3) is 0 Å². The number of rotatable bonds is 7. The smallest absolute Gasteiger partial charge is 0.435 e. The van der Waals surface area contributed by atoms with Crippen LogP contribution in [0.2, 0.25) is 0 Å². The minimum atomic E-state index is -0.586. The van der Waals surface area contributed by atoms with E-state index in [9.17, 15) is 4.79 Å². The average molecular weight is 441 g/mol. The molecule has 3 aromatic rings. The maximum absolute atomic E-state index is 11.6. The van der Waals surface area contributed by atoms with Crippen molar-refractivity contribution in [2.24, 2.45) is 0 Å². The molecule has 7 nitrogen and oxygen atoms in total. The standard InChI is InChI=1S/C23H28N4O3S/c1-3-18-14-19-20(24-15-16-8-6-5-7-9-16)25-22(26-21(19)31-18)27-12-10-17(11-13-27)30-23(28)29-4-2/h5-9,14,17H,3-4,10-13,15H2,1-2H3,(H,24,25,26). The van der Waals surface area contributed by atoms with Gasteiger partial charge in [-0.25, -0.2) is 9.78 Å². The maximum Gasteiger partial charge on any atom is 0.508 e. The molecule has 8 heteroatoms. The van der Waals surface area contributed by atoms with Gasteiger partial charge in [0, 0.05) is 37.4 Å². The molecule has 0 bridgehead atoms. The summed E-state index contributed by atoms with van der Waals surface area (Å²) in [5, 5.41) is 4.58. The fraction of sp³-hybridized carbons (Fsp3) is 0.435. The third kappa shape index (κ3) is 5.25. The van der Waals surface area contributed by atoms with Gasteiger partial charge in [0.05, 0.1) is 12.0 Å². The molecular formula is C23H28N4O3S. The highest BCUT2D eigenvalue weighted by atomic mass is 32.1. The molecule has 1 aliphatic rings. The fourth-order valence-corrected chi connectivity index (χ4v) is 4.62. The van der Waals surface area contributed by atoms with Gasteiger partial charge in [-0.3, -0.25) is 0 Å². The van der Waals surface area contributed by atoms with Crippen LogP contribution in [0.3, 0.4) is 0 Å². The predicted molar refractivity (Wildman–Crippen MR) is 124 cm³/mol. The van der Waals surface area contributed by atoms with Crippen LogP contribution in [0, 0.1) is 0 Å². The molecule has 2 aromatic heterocycles. The number of thiophene rings is 1. The third-order valence-electron chi connectivity index (χ3n) is 5.33. The van der Waals surface area contributed by atoms with Gasteiger partial charge in [-0.1, -0.05) is 37.3 Å². The summed E-state index contributed by atoms with van der Waals surface area (Å²) < 4.78 is 10.3. The highest BCUT2D eigenvalue weighted by molar-refractivity contribution is 7.18. The van der Waals surface area contributed by atoms with E-state index in [1.165, 1.54) is 10.4 Å². The lowest BCUT2D eigenvalue weighted by molar-refractivity contribution is 0.0183. The van der Waals surface area contributed by atoms with E-state index in [1.807, 2.05) is 18.2 Å². The van der Waals surface area contributed by atoms with Crippen LogP contribution in [0.1, 0.15) is 37.1 Å². The van der Waals surface area contributed by atoms with Crippen LogP contribution in [0.25, 0.3) is 10.2 Å². The molecule has 1 aliphatic heterocycles. The van der Waals surface area contributed by atoms with E-state index in [-0.39, 0.29) is 6.10 Å². The molecule has 0 saturated carbocycles. The normalized spacial score (nSPS) is 14.6. The quantitative estimate of drug-likeness (QED) is 0.518. The number of aryl methyl sites for hydroxylation is 1. The lowest BCUT2D eigenvalue weighted by Crippen LogP contribution is -2.39. The lowest BCUT2D eigenvalue weighted by atomic mass is 10.1. The van der Waals surface area contributed by atoms with E-state index in [0.717, 1.165) is 54.3 Å². The molecule has 0 radical (unpaired) electrons. The van der Waals surface area contributed by atoms with Crippen molar-refractivity contribution in [3.8, 4) is 0 Å². The minimum Gasteiger partial charge on any atom is -0.435 e. The summed E-state index contributed by atoms with van der Waals surface area (Å²) in [7, 11) is 0. The van der Waals surface area contributed by atoms with Crippen molar-refractivity contribution in [2.45, 2.75) is 45.8 Å². The predicted octanol–water partition coefficient (Wildman–Crippen LogP) is 5.01. The summed E-state index contributed by atoms with van der Waals surface area (Å²) in [5.41, 5.74) is 1.21. The monoisotopic (exact) mass is 440 g/mol. The number of nitrogens with one attached hydrogen (secondary N) is 1. The summed E-state index contributed by atoms with van der Waals surface area (Å²) in [6, 6.07) is 12.5. The van der Waals surface area contributed by atoms with Crippen molar-refractivity contribution in [3.63, 3.8) is 0 Å². The Bertz CT molecular complexity index is 1020. The van der Waals surface area contributed by atoms with E-state index < -0.39 is 6.16 Å². The Hall–Kier alpha value is -2.87. The first-order valence-corrected chi connectivity index (χ1v) is 11.6. The van der Waals surface area contributed by atoms with Gasteiger partial charge < -0.3 is 19.7 Å². The van der Waals surface area contributed by atoms with Crippen LogP contribution in [-0.2, 0) is 22.4 Å². The number of hydrogen-bond acceptors (Lipinski definition) is 8. The molecule has 0 spiro atoms. The zero-order chi connectivity index (χ0) is 21.6. The highest BCUT2D eigenvalue weighted by Gasteiger charge is 2.25. The molecule has 0 aliphatic carbocycles. The van der Waals surface area contributed by atoms with Gasteiger partial charge >= 0.3 is 6.16 Å². The van der Waals surface area contributed by atoms with Crippen LogP contribution >= 0.6 is 11.3 Å². The van der Waals surface area contributed by atoms with Crippen molar-refractivity contribution in [1.82, 2.24) is 9.97 Å². The number of nitrogens with zero attached hydrogens (tertiary/aromatic N) is 3. The summed E-state index contributed by atoms with van der Waals surface area (Å²) in [6.45, 7) is 6.43. The second-order valence-electron chi connectivity index (χ2n) is 7.48. The van der Waals surface area contributed by atoms with Crippen molar-refractivity contribution in [1.29, 1.82) is 0 Å². The van der Waals surface area contributed by atoms with Gasteiger partial charge in [-0.2, -0.15) is 4.98 Å². The van der Waals surface area contributed by atoms with E-state index >= 15 is 0 Å². The Labute approximate surface area is 186 Å². The molecular weight excluding hydrogens is 412 g/mol. The molecule has 1 N–H and O–H groups in total. The van der Waals surface area contributed by atoms with E-state index in [2.05, 4.69) is 35.3 Å². The molecule has 0 atom stereocenters.